The van der Waals surface area contributed by atoms with Gasteiger partial charge < -0.3 is 15.3 Å². The summed E-state index contributed by atoms with van der Waals surface area (Å²) in [7, 11) is 0. The molecule has 0 saturated heterocycles. The van der Waals surface area contributed by atoms with Crippen molar-refractivity contribution in [3.63, 3.8) is 0 Å². The average molecular weight is 437 g/mol. The number of nitrogens with zero attached hydrogens (tertiary/aromatic N) is 1. The van der Waals surface area contributed by atoms with E-state index in [0.29, 0.717) is 23.0 Å². The van der Waals surface area contributed by atoms with Crippen LogP contribution in [0.5, 0.6) is 5.75 Å². The summed E-state index contributed by atoms with van der Waals surface area (Å²) >= 11 is 1.22. The molecular weight excluding hydrogens is 415 g/mol. The number of aromatic hydroxyl groups is 1. The molecule has 7 heteroatoms. The first kappa shape index (κ1) is 20.8. The van der Waals surface area contributed by atoms with Crippen LogP contribution in [0.4, 0.5) is 9.39 Å². The van der Waals surface area contributed by atoms with Crippen LogP contribution in [-0.4, -0.2) is 34.9 Å². The molecule has 4 rings (SSSR count). The second-order valence-corrected chi connectivity index (χ2v) is 8.42. The highest BCUT2D eigenvalue weighted by Crippen LogP contribution is 2.30. The maximum atomic E-state index is 13.4. The zero-order valence-electron chi connectivity index (χ0n) is 16.9. The van der Waals surface area contributed by atoms with Gasteiger partial charge in [0.2, 0.25) is 0 Å². The van der Waals surface area contributed by atoms with Crippen molar-refractivity contribution in [1.29, 1.82) is 0 Å². The number of carbonyl (C=O) groups is 2. The minimum atomic E-state index is -0.476. The molecular formula is C24H21FN2O3S. The molecule has 0 unspecified atom stereocenters. The van der Waals surface area contributed by atoms with Gasteiger partial charge in [0, 0.05) is 18.7 Å². The van der Waals surface area contributed by atoms with Crippen LogP contribution in [0.2, 0.25) is 0 Å². The molecule has 0 bridgehead atoms. The number of anilines is 1. The van der Waals surface area contributed by atoms with Gasteiger partial charge in [0.05, 0.1) is 9.88 Å². The van der Waals surface area contributed by atoms with Gasteiger partial charge in [-0.25, -0.2) is 4.39 Å². The molecule has 158 valence electrons. The lowest BCUT2D eigenvalue weighted by molar-refractivity contribution is 0.0777. The average Bonchev–Trinajstić information content (AvgIpc) is 3.13. The first-order valence-electron chi connectivity index (χ1n) is 9.86. The maximum absolute atomic E-state index is 13.4. The fourth-order valence-corrected chi connectivity index (χ4v) is 4.54. The lowest BCUT2D eigenvalue weighted by Crippen LogP contribution is -2.34. The van der Waals surface area contributed by atoms with E-state index in [4.69, 9.17) is 0 Å². The lowest BCUT2D eigenvalue weighted by atomic mass is 9.99. The number of hydrogen-bond donors (Lipinski definition) is 2. The SMILES string of the molecule is Cc1cc(NC(=O)c2cccc(F)c2)sc1C(=O)N1CC=C(c2ccc(O)cc2)CC1. The van der Waals surface area contributed by atoms with Crippen molar-refractivity contribution in [2.75, 3.05) is 18.4 Å². The summed E-state index contributed by atoms with van der Waals surface area (Å²) in [5.41, 5.74) is 3.20. The van der Waals surface area contributed by atoms with Crippen molar-refractivity contribution in [3.05, 3.63) is 88.1 Å². The highest BCUT2D eigenvalue weighted by molar-refractivity contribution is 7.18. The molecule has 2 heterocycles. The first-order chi connectivity index (χ1) is 14.9. The zero-order valence-corrected chi connectivity index (χ0v) is 17.7. The minimum absolute atomic E-state index is 0.0743. The van der Waals surface area contributed by atoms with E-state index in [1.807, 2.05) is 25.1 Å². The number of aryl methyl sites for hydroxylation is 1. The molecule has 31 heavy (non-hydrogen) atoms. The fraction of sp³-hybridized carbons (Fsp3) is 0.167. The molecule has 2 amide bonds. The van der Waals surface area contributed by atoms with E-state index in [0.717, 1.165) is 23.1 Å². The monoisotopic (exact) mass is 436 g/mol. The summed E-state index contributed by atoms with van der Waals surface area (Å²) in [6, 6.07) is 14.3. The molecule has 5 nitrogen and oxygen atoms in total. The van der Waals surface area contributed by atoms with Gasteiger partial charge in [-0.2, -0.15) is 0 Å². The van der Waals surface area contributed by atoms with Crippen LogP contribution < -0.4 is 5.32 Å². The molecule has 3 aromatic rings. The number of phenols is 1. The number of hydrogen-bond acceptors (Lipinski definition) is 4. The van der Waals surface area contributed by atoms with Crippen molar-refractivity contribution in [1.82, 2.24) is 4.90 Å². The molecule has 1 aliphatic rings. The smallest absolute Gasteiger partial charge is 0.264 e. The number of halogens is 1. The second kappa shape index (κ2) is 8.73. The van der Waals surface area contributed by atoms with Crippen LogP contribution in [0.3, 0.4) is 0 Å². The van der Waals surface area contributed by atoms with Gasteiger partial charge in [-0.1, -0.05) is 24.3 Å². The normalized spacial score (nSPS) is 13.6. The molecule has 0 fully saturated rings. The van der Waals surface area contributed by atoms with Gasteiger partial charge in [0.25, 0.3) is 11.8 Å². The molecule has 1 aromatic heterocycles. The Kier molecular flexibility index (Phi) is 5.86. The second-order valence-electron chi connectivity index (χ2n) is 7.36. The largest absolute Gasteiger partial charge is 0.508 e. The van der Waals surface area contributed by atoms with Crippen LogP contribution >= 0.6 is 11.3 Å². The fourth-order valence-electron chi connectivity index (χ4n) is 3.50. The Morgan fingerprint density at radius 2 is 1.90 bits per heavy atom. The topological polar surface area (TPSA) is 69.6 Å². The Hall–Kier alpha value is -3.45. The van der Waals surface area contributed by atoms with Crippen LogP contribution in [0.1, 0.15) is 37.6 Å². The minimum Gasteiger partial charge on any atom is -0.508 e. The van der Waals surface area contributed by atoms with E-state index in [-0.39, 0.29) is 17.2 Å². The summed E-state index contributed by atoms with van der Waals surface area (Å²) in [5.74, 6) is -0.741. The molecule has 1 aliphatic heterocycles. The van der Waals surface area contributed by atoms with E-state index in [1.165, 1.54) is 35.6 Å². The van der Waals surface area contributed by atoms with E-state index in [2.05, 4.69) is 5.32 Å². The first-order valence-corrected chi connectivity index (χ1v) is 10.7. The summed E-state index contributed by atoms with van der Waals surface area (Å²) in [5, 5.41) is 12.7. The van der Waals surface area contributed by atoms with Crippen LogP contribution in [-0.2, 0) is 0 Å². The van der Waals surface area contributed by atoms with E-state index in [9.17, 15) is 19.1 Å². The third-order valence-corrected chi connectivity index (χ3v) is 6.31. The number of thiophene rings is 1. The van der Waals surface area contributed by atoms with Gasteiger partial charge in [-0.15, -0.1) is 11.3 Å². The quantitative estimate of drug-likeness (QED) is 0.599. The lowest BCUT2D eigenvalue weighted by Gasteiger charge is -2.26. The van der Waals surface area contributed by atoms with E-state index < -0.39 is 11.7 Å². The van der Waals surface area contributed by atoms with Crippen molar-refractivity contribution in [2.24, 2.45) is 0 Å². The summed E-state index contributed by atoms with van der Waals surface area (Å²) in [4.78, 5) is 27.8. The van der Waals surface area contributed by atoms with Gasteiger partial charge in [-0.05, 0) is 66.4 Å². The van der Waals surface area contributed by atoms with E-state index in [1.54, 1.807) is 23.1 Å². The molecule has 0 spiro atoms. The molecule has 0 atom stereocenters. The Bertz CT molecular complexity index is 1170. The van der Waals surface area contributed by atoms with Crippen LogP contribution in [0, 0.1) is 12.7 Å². The third kappa shape index (κ3) is 4.67. The molecule has 0 aliphatic carbocycles. The third-order valence-electron chi connectivity index (χ3n) is 5.17. The van der Waals surface area contributed by atoms with Gasteiger partial charge >= 0.3 is 0 Å². The van der Waals surface area contributed by atoms with Crippen molar-refractivity contribution >= 4 is 33.7 Å². The molecule has 2 N–H and O–H groups in total. The summed E-state index contributed by atoms with van der Waals surface area (Å²) in [6.07, 6.45) is 2.76. The Morgan fingerprint density at radius 3 is 2.58 bits per heavy atom. The number of carbonyl (C=O) groups excluding carboxylic acids is 2. The summed E-state index contributed by atoms with van der Waals surface area (Å²) < 4.78 is 13.4. The van der Waals surface area contributed by atoms with Crippen molar-refractivity contribution in [3.8, 4) is 5.75 Å². The Labute approximate surface area is 183 Å². The van der Waals surface area contributed by atoms with Gasteiger partial charge in [0.15, 0.2) is 0 Å². The highest BCUT2D eigenvalue weighted by Gasteiger charge is 2.23. The Balaban J connectivity index is 1.44. The number of phenolic OH excluding ortho intramolecular Hbond substituents is 1. The predicted octanol–water partition coefficient (Wildman–Crippen LogP) is 5.08. The predicted molar refractivity (Wildman–Crippen MR) is 120 cm³/mol. The number of benzene rings is 2. The zero-order chi connectivity index (χ0) is 22.0. The molecule has 0 radical (unpaired) electrons. The van der Waals surface area contributed by atoms with E-state index >= 15 is 0 Å². The number of nitrogens with one attached hydrogen (secondary N) is 1. The number of rotatable bonds is 4. The Morgan fingerprint density at radius 1 is 1.13 bits per heavy atom. The van der Waals surface area contributed by atoms with Gasteiger partial charge in [-0.3, -0.25) is 9.59 Å². The van der Waals surface area contributed by atoms with Crippen LogP contribution in [0.15, 0.2) is 60.7 Å². The van der Waals surface area contributed by atoms with Crippen molar-refractivity contribution < 1.29 is 19.1 Å². The molecule has 0 saturated carbocycles. The molecule has 2 aromatic carbocycles. The van der Waals surface area contributed by atoms with Gasteiger partial charge in [0.1, 0.15) is 11.6 Å². The standard InChI is InChI=1S/C24H21FN2O3S/c1-15-13-21(26-23(29)18-3-2-4-19(25)14-18)31-22(15)24(30)27-11-9-17(10-12-27)16-5-7-20(28)8-6-16/h2-9,13-14,28H,10-12H2,1H3,(H,26,29). The van der Waals surface area contributed by atoms with Crippen LogP contribution in [0.25, 0.3) is 5.57 Å². The highest BCUT2D eigenvalue weighted by atomic mass is 32.1. The summed E-state index contributed by atoms with van der Waals surface area (Å²) in [6.45, 7) is 2.93. The maximum Gasteiger partial charge on any atom is 0.264 e. The number of amides is 2. The van der Waals surface area contributed by atoms with Crippen molar-refractivity contribution in [2.45, 2.75) is 13.3 Å².